The van der Waals surface area contributed by atoms with E-state index in [0.29, 0.717) is 34.6 Å². The molecule has 1 heterocycles. The number of hydrogen-bond acceptors (Lipinski definition) is 7. The van der Waals surface area contributed by atoms with Gasteiger partial charge in [0.05, 0.1) is 30.2 Å². The van der Waals surface area contributed by atoms with Crippen LogP contribution in [-0.2, 0) is 9.59 Å². The van der Waals surface area contributed by atoms with Gasteiger partial charge in [-0.05, 0) is 108 Å². The van der Waals surface area contributed by atoms with Crippen molar-refractivity contribution >= 4 is 40.5 Å². The molecule has 4 atom stereocenters. The number of nitrogens with one attached hydrogen (secondary N) is 1. The van der Waals surface area contributed by atoms with Crippen molar-refractivity contribution in [2.24, 2.45) is 17.8 Å². The van der Waals surface area contributed by atoms with Crippen LogP contribution < -0.4 is 15.0 Å². The van der Waals surface area contributed by atoms with Gasteiger partial charge in [-0.2, -0.15) is 0 Å². The van der Waals surface area contributed by atoms with E-state index < -0.39 is 47.9 Å². The maximum absolute atomic E-state index is 14.3. The first-order valence-electron chi connectivity index (χ1n) is 18.0. The lowest BCUT2D eigenvalue weighted by Crippen LogP contribution is -2.40. The second-order valence-electron chi connectivity index (χ2n) is 13.6. The number of aromatic hydroxyl groups is 1. The van der Waals surface area contributed by atoms with Crippen molar-refractivity contribution in [1.82, 2.24) is 0 Å². The smallest absolute Gasteiger partial charge is 0.238 e. The second kappa shape index (κ2) is 16.3. The number of anilines is 3. The van der Waals surface area contributed by atoms with Crippen LogP contribution in [0.2, 0.25) is 0 Å². The number of hydrogen-bond donors (Lipinski definition) is 4. The Bertz CT molecular complexity index is 2160. The molecule has 0 aromatic heterocycles. The van der Waals surface area contributed by atoms with Gasteiger partial charge in [0.15, 0.2) is 11.6 Å². The first-order chi connectivity index (χ1) is 26.3. The van der Waals surface area contributed by atoms with Gasteiger partial charge in [0.25, 0.3) is 0 Å². The number of amides is 2. The van der Waals surface area contributed by atoms with Crippen LogP contribution >= 0.6 is 0 Å². The van der Waals surface area contributed by atoms with Crippen molar-refractivity contribution in [2.45, 2.75) is 25.4 Å². The Kier molecular flexibility index (Phi) is 11.0. The molecule has 1 fully saturated rings. The Morgan fingerprint density at radius 2 is 1.50 bits per heavy atom. The molecule has 274 valence electrons. The van der Waals surface area contributed by atoms with E-state index in [-0.39, 0.29) is 25.4 Å². The fourth-order valence-electron chi connectivity index (χ4n) is 7.63. The molecule has 5 aromatic rings. The predicted octanol–water partition coefficient (Wildman–Crippen LogP) is 8.15. The molecule has 2 aliphatic rings. The van der Waals surface area contributed by atoms with Crippen LogP contribution in [0, 0.1) is 23.6 Å². The van der Waals surface area contributed by atoms with Crippen molar-refractivity contribution < 1.29 is 34.0 Å². The number of carbonyl (C=O) groups excluding carboxylic acids is 2. The highest BCUT2D eigenvalue weighted by Crippen LogP contribution is 2.47. The summed E-state index contributed by atoms with van der Waals surface area (Å²) in [5.41, 5.74) is 5.54. The molecule has 1 aliphatic heterocycles. The number of phenols is 1. The summed E-state index contributed by atoms with van der Waals surface area (Å²) >= 11 is 0. The fraction of sp³-hybridized carbons (Fsp3) is 0.200. The van der Waals surface area contributed by atoms with Gasteiger partial charge in [0.1, 0.15) is 12.4 Å². The number of fused-ring (bicyclic) bond motifs is 1. The van der Waals surface area contributed by atoms with E-state index in [2.05, 4.69) is 5.32 Å². The Balaban J connectivity index is 1.18. The van der Waals surface area contributed by atoms with Crippen LogP contribution in [0.3, 0.4) is 0 Å². The van der Waals surface area contributed by atoms with Crippen LogP contribution in [0.15, 0.2) is 145 Å². The van der Waals surface area contributed by atoms with Crippen molar-refractivity contribution in [3.63, 3.8) is 0 Å². The first-order valence-corrected chi connectivity index (χ1v) is 18.0. The highest BCUT2D eigenvalue weighted by atomic mass is 19.1. The number of benzene rings is 5. The van der Waals surface area contributed by atoms with Crippen molar-refractivity contribution in [1.29, 1.82) is 0 Å². The van der Waals surface area contributed by atoms with Crippen molar-refractivity contribution in [2.75, 3.05) is 23.4 Å². The average Bonchev–Trinajstić information content (AvgIpc) is 3.45. The van der Waals surface area contributed by atoms with Gasteiger partial charge in [0, 0.05) is 17.3 Å². The largest absolute Gasteiger partial charge is 0.505 e. The SMILES string of the molecule is O=C1[C@@H]2[C@@H](CC(COc3ccccc3)=C([C@H](O)CC/C(=C/c3ccc(O)c(F)c3)c3ccccc3)[C@@H]2CO)C(=O)N1c1ccc(Nc2ccccc2)cc1. The standard InChI is InChI=1S/C45H41FN2O6/c46-39-25-29(16-22-40(39)50)24-31(30-10-4-1-5-11-30)17-23-41(51)42-32(28-54-36-14-8-3-9-15-36)26-37-43(38(42)27-49)45(53)48(44(37)52)35-20-18-34(19-21-35)47-33-12-6-2-7-13-33/h1-16,18-22,24-25,37-38,41,43,47,49-51H,17,23,26-28H2/b31-24-/t37-,38+,41-,43-/m1/s1. The maximum Gasteiger partial charge on any atom is 0.238 e. The number of halogens is 1. The number of allylic oxidation sites excluding steroid dienone is 1. The van der Waals surface area contributed by atoms with Gasteiger partial charge in [-0.25, -0.2) is 4.39 Å². The van der Waals surface area contributed by atoms with E-state index in [4.69, 9.17) is 4.74 Å². The van der Waals surface area contributed by atoms with Gasteiger partial charge in [-0.15, -0.1) is 0 Å². The number of ether oxygens (including phenoxy) is 1. The van der Waals surface area contributed by atoms with Gasteiger partial charge >= 0.3 is 0 Å². The van der Waals surface area contributed by atoms with Gasteiger partial charge in [-0.1, -0.05) is 78.9 Å². The second-order valence-corrected chi connectivity index (χ2v) is 13.6. The lowest BCUT2D eigenvalue weighted by Gasteiger charge is -2.36. The summed E-state index contributed by atoms with van der Waals surface area (Å²) in [6.07, 6.45) is 1.47. The van der Waals surface area contributed by atoms with Crippen molar-refractivity contribution in [3.05, 3.63) is 162 Å². The van der Waals surface area contributed by atoms with E-state index in [0.717, 1.165) is 22.5 Å². The van der Waals surface area contributed by atoms with Crippen LogP contribution in [0.5, 0.6) is 11.5 Å². The number of aliphatic hydroxyl groups excluding tert-OH is 2. The van der Waals surface area contributed by atoms with Crippen LogP contribution in [0.4, 0.5) is 21.5 Å². The number of imide groups is 1. The zero-order valence-electron chi connectivity index (χ0n) is 29.5. The Labute approximate surface area is 313 Å². The molecule has 0 saturated carbocycles. The Morgan fingerprint density at radius 3 is 2.17 bits per heavy atom. The van der Waals surface area contributed by atoms with Crippen LogP contribution in [0.1, 0.15) is 30.4 Å². The molecule has 0 bridgehead atoms. The third kappa shape index (κ3) is 7.83. The minimum absolute atomic E-state index is 0.0611. The molecule has 0 unspecified atom stereocenters. The number of carbonyl (C=O) groups is 2. The molecule has 0 radical (unpaired) electrons. The van der Waals surface area contributed by atoms with E-state index >= 15 is 0 Å². The minimum Gasteiger partial charge on any atom is -0.505 e. The number of rotatable bonds is 13. The van der Waals surface area contributed by atoms with Crippen LogP contribution in [0.25, 0.3) is 11.6 Å². The molecule has 0 spiro atoms. The molecule has 4 N–H and O–H groups in total. The lowest BCUT2D eigenvalue weighted by atomic mass is 9.68. The average molecular weight is 725 g/mol. The summed E-state index contributed by atoms with van der Waals surface area (Å²) in [6, 6.07) is 39.6. The lowest BCUT2D eigenvalue weighted by molar-refractivity contribution is -0.123. The summed E-state index contributed by atoms with van der Waals surface area (Å²) in [6.45, 7) is -0.394. The first kappa shape index (κ1) is 36.3. The van der Waals surface area contributed by atoms with Crippen molar-refractivity contribution in [3.8, 4) is 11.5 Å². The normalized spacial score (nSPS) is 19.1. The molecular weight excluding hydrogens is 684 g/mol. The van der Waals surface area contributed by atoms with Gasteiger partial charge in [-0.3, -0.25) is 14.5 Å². The van der Waals surface area contributed by atoms with E-state index in [1.807, 2.05) is 109 Å². The molecule has 1 saturated heterocycles. The van der Waals surface area contributed by atoms with Gasteiger partial charge in [0.2, 0.25) is 11.8 Å². The number of phenolic OH excluding ortho intramolecular Hbond substituents is 1. The molecule has 2 amide bonds. The third-order valence-corrected chi connectivity index (χ3v) is 10.2. The molecule has 7 rings (SSSR count). The topological polar surface area (TPSA) is 119 Å². The molecule has 9 heteroatoms. The molecule has 1 aliphatic carbocycles. The highest BCUT2D eigenvalue weighted by molar-refractivity contribution is 6.22. The van der Waals surface area contributed by atoms with E-state index in [9.17, 15) is 29.3 Å². The summed E-state index contributed by atoms with van der Waals surface area (Å²) < 4.78 is 20.5. The van der Waals surface area contributed by atoms with Gasteiger partial charge < -0.3 is 25.4 Å². The predicted molar refractivity (Wildman–Crippen MR) is 207 cm³/mol. The minimum atomic E-state index is -1.10. The molecule has 5 aromatic carbocycles. The quantitative estimate of drug-likeness (QED) is 0.0550. The Hall–Kier alpha value is -6.03. The zero-order chi connectivity index (χ0) is 37.6. The van der Waals surface area contributed by atoms with E-state index in [1.165, 1.54) is 17.0 Å². The highest BCUT2D eigenvalue weighted by Gasteiger charge is 2.55. The molecular formula is C45H41FN2O6. The summed E-state index contributed by atoms with van der Waals surface area (Å²) in [7, 11) is 0. The summed E-state index contributed by atoms with van der Waals surface area (Å²) in [4.78, 5) is 29.6. The number of nitrogens with zero attached hydrogens (tertiary/aromatic N) is 1. The zero-order valence-corrected chi connectivity index (χ0v) is 29.5. The number of para-hydroxylation sites is 2. The van der Waals surface area contributed by atoms with Crippen LogP contribution in [-0.4, -0.2) is 46.5 Å². The maximum atomic E-state index is 14.3. The summed E-state index contributed by atoms with van der Waals surface area (Å²) in [5.74, 6) is -3.79. The molecule has 54 heavy (non-hydrogen) atoms. The third-order valence-electron chi connectivity index (χ3n) is 10.2. The monoisotopic (exact) mass is 724 g/mol. The summed E-state index contributed by atoms with van der Waals surface area (Å²) in [5, 5.41) is 36.0. The molecule has 8 nitrogen and oxygen atoms in total. The Morgan fingerprint density at radius 1 is 0.852 bits per heavy atom. The fourth-order valence-corrected chi connectivity index (χ4v) is 7.63. The number of aliphatic hydroxyl groups is 2. The van der Waals surface area contributed by atoms with E-state index in [1.54, 1.807) is 18.2 Å².